The van der Waals surface area contributed by atoms with Gasteiger partial charge >= 0.3 is 5.97 Å². The lowest BCUT2D eigenvalue weighted by Gasteiger charge is -2.19. The first kappa shape index (κ1) is 14.4. The Bertz CT molecular complexity index is 567. The average molecular weight is 304 g/mol. The summed E-state index contributed by atoms with van der Waals surface area (Å²) in [7, 11) is -1.79. The van der Waals surface area contributed by atoms with E-state index in [1.165, 1.54) is 11.4 Å². The van der Waals surface area contributed by atoms with E-state index in [9.17, 15) is 13.2 Å². The van der Waals surface area contributed by atoms with Crippen LogP contribution in [0, 0.1) is 0 Å². The minimum atomic E-state index is -3.75. The predicted octanol–water partition coefficient (Wildman–Crippen LogP) is 0.819. The minimum Gasteiger partial charge on any atom is -0.477 e. The van der Waals surface area contributed by atoms with E-state index in [1.807, 2.05) is 7.05 Å². The summed E-state index contributed by atoms with van der Waals surface area (Å²) in [6, 6.07) is 1.51. The van der Waals surface area contributed by atoms with Crippen LogP contribution in [0.4, 0.5) is 0 Å². The second-order valence-corrected chi connectivity index (χ2v) is 7.20. The zero-order valence-electron chi connectivity index (χ0n) is 10.5. The number of hydrogen-bond acceptors (Lipinski definition) is 5. The molecule has 19 heavy (non-hydrogen) atoms. The Morgan fingerprint density at radius 2 is 2.37 bits per heavy atom. The topological polar surface area (TPSA) is 86.7 Å². The molecule has 0 aromatic carbocycles. The number of sulfonamides is 1. The van der Waals surface area contributed by atoms with Crippen LogP contribution in [0.5, 0.6) is 0 Å². The molecule has 1 saturated heterocycles. The van der Waals surface area contributed by atoms with E-state index in [1.54, 1.807) is 0 Å². The summed E-state index contributed by atoms with van der Waals surface area (Å²) in [4.78, 5) is 12.8. The summed E-state index contributed by atoms with van der Waals surface area (Å²) in [5.74, 6) is -1.21. The normalized spacial score (nSPS) is 20.8. The molecule has 1 fully saturated rings. The first-order valence-corrected chi connectivity index (χ1v) is 8.29. The number of likely N-dealkylation sites (N-methyl/N-ethyl adjacent to an activating group) is 1. The number of aromatic carboxylic acids is 1. The third-order valence-corrected chi connectivity index (χ3v) is 5.79. The summed E-state index contributed by atoms with van der Waals surface area (Å²) in [6.45, 7) is 1.28. The Morgan fingerprint density at radius 3 is 2.95 bits per heavy atom. The summed E-state index contributed by atoms with van der Waals surface area (Å²) >= 11 is 0.914. The van der Waals surface area contributed by atoms with Crippen molar-refractivity contribution in [1.29, 1.82) is 0 Å². The van der Waals surface area contributed by atoms with Gasteiger partial charge in [0.15, 0.2) is 0 Å². The van der Waals surface area contributed by atoms with Crippen LogP contribution >= 0.6 is 11.3 Å². The molecule has 106 valence electrons. The molecule has 1 aliphatic heterocycles. The third-order valence-electron chi connectivity index (χ3n) is 3.29. The maximum absolute atomic E-state index is 12.1. The molecule has 1 aromatic heterocycles. The van der Waals surface area contributed by atoms with E-state index in [0.717, 1.165) is 30.7 Å². The van der Waals surface area contributed by atoms with E-state index in [-0.39, 0.29) is 15.8 Å². The molecule has 0 amide bonds. The van der Waals surface area contributed by atoms with Gasteiger partial charge in [-0.1, -0.05) is 0 Å². The Kier molecular flexibility index (Phi) is 4.24. The van der Waals surface area contributed by atoms with Crippen molar-refractivity contribution in [3.05, 3.63) is 16.3 Å². The molecule has 2 heterocycles. The van der Waals surface area contributed by atoms with Gasteiger partial charge in [0, 0.05) is 12.6 Å². The van der Waals surface area contributed by atoms with Crippen LogP contribution in [-0.2, 0) is 10.0 Å². The molecule has 0 bridgehead atoms. The van der Waals surface area contributed by atoms with Gasteiger partial charge in [0.05, 0.1) is 0 Å². The molecule has 0 radical (unpaired) electrons. The number of nitrogens with one attached hydrogen (secondary N) is 1. The van der Waals surface area contributed by atoms with E-state index >= 15 is 0 Å². The highest BCUT2D eigenvalue weighted by Crippen LogP contribution is 2.22. The average Bonchev–Trinajstić information content (AvgIpc) is 2.95. The lowest BCUT2D eigenvalue weighted by atomic mass is 10.2. The number of rotatable bonds is 5. The van der Waals surface area contributed by atoms with Crippen LogP contribution in [0.1, 0.15) is 22.5 Å². The first-order valence-electron chi connectivity index (χ1n) is 5.92. The number of carboxylic acids is 1. The first-order chi connectivity index (χ1) is 8.92. The third kappa shape index (κ3) is 3.14. The Labute approximate surface area is 116 Å². The van der Waals surface area contributed by atoms with E-state index in [4.69, 9.17) is 5.11 Å². The molecular formula is C11H16N2O4S2. The van der Waals surface area contributed by atoms with Crippen molar-refractivity contribution in [3.8, 4) is 0 Å². The Morgan fingerprint density at radius 1 is 1.63 bits per heavy atom. The smallest absolute Gasteiger partial charge is 0.347 e. The number of nitrogens with zero attached hydrogens (tertiary/aromatic N) is 1. The van der Waals surface area contributed by atoms with Crippen LogP contribution in [0.25, 0.3) is 0 Å². The van der Waals surface area contributed by atoms with Crippen LogP contribution in [0.2, 0.25) is 0 Å². The van der Waals surface area contributed by atoms with Gasteiger partial charge in [-0.15, -0.1) is 11.3 Å². The van der Waals surface area contributed by atoms with Crippen LogP contribution in [0.3, 0.4) is 0 Å². The van der Waals surface area contributed by atoms with Crippen LogP contribution in [0.15, 0.2) is 16.3 Å². The molecule has 6 nitrogen and oxygen atoms in total. The Hall–Kier alpha value is -0.960. The van der Waals surface area contributed by atoms with Crippen molar-refractivity contribution in [2.75, 3.05) is 20.1 Å². The zero-order valence-corrected chi connectivity index (χ0v) is 12.1. The fourth-order valence-corrected chi connectivity index (χ4v) is 4.52. The molecule has 1 unspecified atom stereocenters. The maximum Gasteiger partial charge on any atom is 0.347 e. The number of carboxylic acid groups (broad SMARTS) is 1. The number of thiophene rings is 1. The van der Waals surface area contributed by atoms with Crippen LogP contribution in [-0.4, -0.2) is 50.6 Å². The number of hydrogen-bond donors (Lipinski definition) is 2. The van der Waals surface area contributed by atoms with Gasteiger partial charge in [0.1, 0.15) is 9.77 Å². The van der Waals surface area contributed by atoms with Gasteiger partial charge in [-0.25, -0.2) is 17.9 Å². The van der Waals surface area contributed by atoms with E-state index in [0.29, 0.717) is 6.54 Å². The minimum absolute atomic E-state index is 0.146. The highest BCUT2D eigenvalue weighted by Gasteiger charge is 2.26. The summed E-state index contributed by atoms with van der Waals surface area (Å²) < 4.78 is 26.7. The largest absolute Gasteiger partial charge is 0.477 e. The quantitative estimate of drug-likeness (QED) is 0.841. The van der Waals surface area contributed by atoms with Gasteiger partial charge < -0.3 is 10.0 Å². The van der Waals surface area contributed by atoms with E-state index in [2.05, 4.69) is 9.62 Å². The van der Waals surface area contributed by atoms with Crippen molar-refractivity contribution >= 4 is 27.3 Å². The van der Waals surface area contributed by atoms with Crippen molar-refractivity contribution in [2.45, 2.75) is 23.8 Å². The van der Waals surface area contributed by atoms with Gasteiger partial charge in [0.2, 0.25) is 10.0 Å². The predicted molar refractivity (Wildman–Crippen MR) is 72.1 cm³/mol. The summed E-state index contributed by atoms with van der Waals surface area (Å²) in [6.07, 6.45) is 2.01. The van der Waals surface area contributed by atoms with Gasteiger partial charge in [0.25, 0.3) is 0 Å². The lowest BCUT2D eigenvalue weighted by Crippen LogP contribution is -2.38. The van der Waals surface area contributed by atoms with Crippen molar-refractivity contribution in [1.82, 2.24) is 9.62 Å². The van der Waals surface area contributed by atoms with Gasteiger partial charge in [-0.05, 0) is 37.9 Å². The molecule has 0 saturated carbocycles. The van der Waals surface area contributed by atoms with Crippen molar-refractivity contribution in [2.24, 2.45) is 0 Å². The maximum atomic E-state index is 12.1. The zero-order chi connectivity index (χ0) is 14.0. The molecule has 0 spiro atoms. The molecule has 0 aliphatic carbocycles. The molecular weight excluding hydrogens is 288 g/mol. The molecule has 8 heteroatoms. The fraction of sp³-hybridized carbons (Fsp3) is 0.545. The second kappa shape index (κ2) is 5.58. The highest BCUT2D eigenvalue weighted by molar-refractivity contribution is 7.89. The summed E-state index contributed by atoms with van der Waals surface area (Å²) in [5.41, 5.74) is 0. The monoisotopic (exact) mass is 304 g/mol. The highest BCUT2D eigenvalue weighted by atomic mass is 32.2. The van der Waals surface area contributed by atoms with Crippen molar-refractivity contribution in [3.63, 3.8) is 0 Å². The number of likely N-dealkylation sites (tertiary alicyclic amines) is 1. The Balaban J connectivity index is 2.10. The number of carbonyl (C=O) groups is 1. The molecule has 2 N–H and O–H groups in total. The van der Waals surface area contributed by atoms with Crippen molar-refractivity contribution < 1.29 is 18.3 Å². The van der Waals surface area contributed by atoms with Gasteiger partial charge in [-0.3, -0.25) is 0 Å². The van der Waals surface area contributed by atoms with Crippen LogP contribution < -0.4 is 4.72 Å². The summed E-state index contributed by atoms with van der Waals surface area (Å²) in [5, 5.41) is 10.4. The second-order valence-electron chi connectivity index (χ2n) is 4.55. The molecule has 1 aromatic rings. The lowest BCUT2D eigenvalue weighted by molar-refractivity contribution is 0.0698. The van der Waals surface area contributed by atoms with E-state index < -0.39 is 16.0 Å². The molecule has 1 aliphatic rings. The van der Waals surface area contributed by atoms with Gasteiger partial charge in [-0.2, -0.15) is 0 Å². The standard InChI is InChI=1S/C11H16N2O4S2/c1-13-5-2-3-8(13)7-12-19(16,17)9-4-6-18-10(9)11(14)15/h4,6,8,12H,2-3,5,7H2,1H3,(H,14,15). The molecule has 2 rings (SSSR count). The fourth-order valence-electron chi connectivity index (χ4n) is 2.19. The molecule has 1 atom stereocenters. The SMILES string of the molecule is CN1CCCC1CNS(=O)(=O)c1ccsc1C(=O)O.